The van der Waals surface area contributed by atoms with E-state index in [-0.39, 0.29) is 16.2 Å². The lowest BCUT2D eigenvalue weighted by Crippen LogP contribution is -2.22. The Labute approximate surface area is 372 Å². The molecule has 0 aliphatic heterocycles. The van der Waals surface area contributed by atoms with Gasteiger partial charge in [0.05, 0.1) is 5.69 Å². The van der Waals surface area contributed by atoms with Gasteiger partial charge in [-0.15, -0.1) is 0 Å². The van der Waals surface area contributed by atoms with Crippen molar-refractivity contribution in [1.29, 1.82) is 0 Å². The maximum atomic E-state index is 2.49. The number of fused-ring (bicyclic) bond motifs is 9. The molecule has 3 aliphatic rings. The van der Waals surface area contributed by atoms with Crippen LogP contribution in [0.2, 0.25) is 0 Å². The van der Waals surface area contributed by atoms with Crippen molar-refractivity contribution in [3.05, 3.63) is 245 Å². The first-order valence-corrected chi connectivity index (χ1v) is 22.4. The second-order valence-electron chi connectivity index (χ2n) is 19.0. The lowest BCUT2D eigenvalue weighted by atomic mass is 9.74. The predicted octanol–water partition coefficient (Wildman–Crippen LogP) is 16.4. The van der Waals surface area contributed by atoms with E-state index in [0.717, 1.165) is 17.1 Å². The average molecular weight is 808 g/mol. The van der Waals surface area contributed by atoms with E-state index < -0.39 is 0 Å². The number of rotatable bonds is 6. The zero-order valence-corrected chi connectivity index (χ0v) is 36.6. The van der Waals surface area contributed by atoms with E-state index in [1.165, 1.54) is 94.6 Å². The molecule has 0 saturated heterocycles. The van der Waals surface area contributed by atoms with Crippen LogP contribution in [0.5, 0.6) is 0 Å². The fourth-order valence-electron chi connectivity index (χ4n) is 11.7. The lowest BCUT2D eigenvalue weighted by Gasteiger charge is -2.30. The Balaban J connectivity index is 1.01. The Morgan fingerprint density at radius 3 is 1.56 bits per heavy atom. The van der Waals surface area contributed by atoms with Crippen LogP contribution < -0.4 is 4.90 Å². The number of benzene rings is 9. The number of hydrogen-bond donors (Lipinski definition) is 0. The molecule has 302 valence electrons. The topological polar surface area (TPSA) is 3.24 Å². The first-order chi connectivity index (χ1) is 30.7. The number of hydrogen-bond acceptors (Lipinski definition) is 1. The van der Waals surface area contributed by atoms with Gasteiger partial charge in [-0.1, -0.05) is 198 Å². The van der Waals surface area contributed by atoms with Crippen LogP contribution in [0.15, 0.2) is 206 Å². The maximum absolute atomic E-state index is 2.49. The van der Waals surface area contributed by atoms with Crippen LogP contribution in [-0.2, 0) is 16.2 Å². The average Bonchev–Trinajstić information content (AvgIpc) is 3.83. The Hall–Kier alpha value is -7.22. The molecule has 9 aromatic carbocycles. The molecular formula is C62H49N. The fraction of sp³-hybridized carbons (Fsp3) is 0.129. The van der Waals surface area contributed by atoms with E-state index in [4.69, 9.17) is 0 Å². The van der Waals surface area contributed by atoms with Gasteiger partial charge in [-0.05, 0) is 132 Å². The van der Waals surface area contributed by atoms with Crippen LogP contribution in [-0.4, -0.2) is 0 Å². The van der Waals surface area contributed by atoms with Crippen molar-refractivity contribution >= 4 is 17.1 Å². The van der Waals surface area contributed by atoms with Crippen LogP contribution in [0.4, 0.5) is 17.1 Å². The first-order valence-electron chi connectivity index (χ1n) is 22.4. The van der Waals surface area contributed by atoms with Crippen molar-refractivity contribution in [2.75, 3.05) is 4.90 Å². The summed E-state index contributed by atoms with van der Waals surface area (Å²) in [6.45, 7) is 11.9. The molecule has 0 amide bonds. The molecule has 1 heteroatoms. The van der Waals surface area contributed by atoms with Crippen LogP contribution in [0, 0.1) is 0 Å². The largest absolute Gasteiger partial charge is 0.310 e. The molecule has 63 heavy (non-hydrogen) atoms. The van der Waals surface area contributed by atoms with Crippen LogP contribution in [0.3, 0.4) is 0 Å². The van der Waals surface area contributed by atoms with Crippen molar-refractivity contribution in [3.63, 3.8) is 0 Å². The van der Waals surface area contributed by atoms with Crippen molar-refractivity contribution in [3.8, 4) is 55.6 Å². The monoisotopic (exact) mass is 807 g/mol. The van der Waals surface area contributed by atoms with Gasteiger partial charge >= 0.3 is 0 Å². The van der Waals surface area contributed by atoms with Gasteiger partial charge in [-0.25, -0.2) is 0 Å². The van der Waals surface area contributed by atoms with Crippen LogP contribution >= 0.6 is 0 Å². The van der Waals surface area contributed by atoms with Gasteiger partial charge < -0.3 is 4.90 Å². The molecule has 0 aromatic heterocycles. The van der Waals surface area contributed by atoms with Gasteiger partial charge in [0.1, 0.15) is 0 Å². The molecular weight excluding hydrogens is 759 g/mol. The van der Waals surface area contributed by atoms with Gasteiger partial charge in [0.2, 0.25) is 0 Å². The molecule has 0 fully saturated rings. The molecule has 3 aliphatic carbocycles. The third-order valence-electron chi connectivity index (χ3n) is 15.0. The number of nitrogens with zero attached hydrogens (tertiary/aromatic N) is 1. The summed E-state index contributed by atoms with van der Waals surface area (Å²) in [5.41, 5.74) is 25.4. The Kier molecular flexibility index (Phi) is 8.13. The van der Waals surface area contributed by atoms with Gasteiger partial charge in [0.15, 0.2) is 0 Å². The summed E-state index contributed by atoms with van der Waals surface area (Å²) in [6, 6.07) is 77.3. The summed E-state index contributed by atoms with van der Waals surface area (Å²) < 4.78 is 0. The molecule has 0 N–H and O–H groups in total. The van der Waals surface area contributed by atoms with Crippen molar-refractivity contribution in [2.24, 2.45) is 0 Å². The Morgan fingerprint density at radius 1 is 0.302 bits per heavy atom. The molecule has 1 unspecified atom stereocenters. The molecule has 0 heterocycles. The fourth-order valence-corrected chi connectivity index (χ4v) is 11.7. The molecule has 0 spiro atoms. The van der Waals surface area contributed by atoms with E-state index >= 15 is 0 Å². The SMILES string of the molecule is CC1(C)c2ccccc2-c2ccc(N(c3ccc(-c4ccc5c(c4)-c4ccccc4C5(C)c4ccccc4)cc3)c3ccccc3-c3cccc4c3-c3ccccc3C4(C)C)cc21. The van der Waals surface area contributed by atoms with Crippen LogP contribution in [0.25, 0.3) is 55.6 Å². The smallest absolute Gasteiger partial charge is 0.0540 e. The van der Waals surface area contributed by atoms with Crippen molar-refractivity contribution in [1.82, 2.24) is 0 Å². The number of para-hydroxylation sites is 1. The summed E-state index contributed by atoms with van der Waals surface area (Å²) in [5.74, 6) is 0. The van der Waals surface area contributed by atoms with Gasteiger partial charge in [0.25, 0.3) is 0 Å². The summed E-state index contributed by atoms with van der Waals surface area (Å²) in [4.78, 5) is 2.49. The van der Waals surface area contributed by atoms with Crippen LogP contribution in [0.1, 0.15) is 73.6 Å². The molecule has 1 atom stereocenters. The third-order valence-corrected chi connectivity index (χ3v) is 15.0. The molecule has 0 saturated carbocycles. The molecule has 9 aromatic rings. The zero-order valence-electron chi connectivity index (χ0n) is 36.6. The van der Waals surface area contributed by atoms with Crippen molar-refractivity contribution < 1.29 is 0 Å². The second-order valence-corrected chi connectivity index (χ2v) is 19.0. The molecule has 1 nitrogen and oxygen atoms in total. The quantitative estimate of drug-likeness (QED) is 0.162. The second kappa shape index (κ2) is 13.6. The molecule has 0 bridgehead atoms. The maximum Gasteiger partial charge on any atom is 0.0540 e. The minimum atomic E-state index is -0.216. The summed E-state index contributed by atoms with van der Waals surface area (Å²) >= 11 is 0. The predicted molar refractivity (Wildman–Crippen MR) is 265 cm³/mol. The first kappa shape index (κ1) is 37.5. The molecule has 0 radical (unpaired) electrons. The van der Waals surface area contributed by atoms with E-state index in [2.05, 4.69) is 246 Å². The molecule has 12 rings (SSSR count). The van der Waals surface area contributed by atoms with Crippen molar-refractivity contribution in [2.45, 2.75) is 50.9 Å². The van der Waals surface area contributed by atoms with Gasteiger partial charge in [-0.3, -0.25) is 0 Å². The highest BCUT2D eigenvalue weighted by Crippen LogP contribution is 2.56. The summed E-state index contributed by atoms with van der Waals surface area (Å²) in [7, 11) is 0. The minimum Gasteiger partial charge on any atom is -0.310 e. The van der Waals surface area contributed by atoms with Gasteiger partial charge in [-0.2, -0.15) is 0 Å². The highest BCUT2D eigenvalue weighted by Gasteiger charge is 2.41. The third kappa shape index (κ3) is 5.36. The standard InChI is InChI=1S/C62H49N/c1-60(2)53-26-14-11-23-50(53)59-49(24-17-28-56(59)60)48-22-12-16-29-58(48)63(44-35-36-47-45-20-9-13-25-52(45)61(3,4)57(47)39-44)43-33-30-40(31-34-43)41-32-37-55-51(38-41)46-21-10-15-27-54(46)62(55,5)42-18-7-6-8-19-42/h6-39H,1-5H3. The normalized spacial score (nSPS) is 16.7. The number of anilines is 3. The minimum absolute atomic E-state index is 0.0905. The Morgan fingerprint density at radius 2 is 0.810 bits per heavy atom. The van der Waals surface area contributed by atoms with E-state index in [0.29, 0.717) is 0 Å². The Bertz CT molecular complexity index is 3290. The highest BCUT2D eigenvalue weighted by atomic mass is 15.1. The summed E-state index contributed by atoms with van der Waals surface area (Å²) in [5, 5.41) is 0. The lowest BCUT2D eigenvalue weighted by molar-refractivity contribution is 0.660. The van der Waals surface area contributed by atoms with Gasteiger partial charge in [0, 0.05) is 33.2 Å². The van der Waals surface area contributed by atoms with E-state index in [1.54, 1.807) is 0 Å². The zero-order chi connectivity index (χ0) is 42.7. The van der Waals surface area contributed by atoms with E-state index in [9.17, 15) is 0 Å². The summed E-state index contributed by atoms with van der Waals surface area (Å²) in [6.07, 6.45) is 0. The highest BCUT2D eigenvalue weighted by molar-refractivity contribution is 5.99. The van der Waals surface area contributed by atoms with E-state index in [1.807, 2.05) is 0 Å².